The summed E-state index contributed by atoms with van der Waals surface area (Å²) in [6.07, 6.45) is 0. The zero-order valence-electron chi connectivity index (χ0n) is 14.9. The fourth-order valence-corrected chi connectivity index (χ4v) is 2.32. The van der Waals surface area contributed by atoms with E-state index in [1.54, 1.807) is 6.07 Å². The van der Waals surface area contributed by atoms with Crippen molar-refractivity contribution in [2.24, 2.45) is 5.73 Å². The maximum Gasteiger partial charge on any atom is 0.349 e. The fourth-order valence-electron chi connectivity index (χ4n) is 2.32. The number of benzene rings is 1. The molecule has 0 spiro atoms. The van der Waals surface area contributed by atoms with Gasteiger partial charge in [0.1, 0.15) is 11.1 Å². The second kappa shape index (κ2) is 9.72. The largest absolute Gasteiger partial charge is 0.422 e. The minimum absolute atomic E-state index is 0.00320. The van der Waals surface area contributed by atoms with E-state index in [0.717, 1.165) is 18.8 Å². The topological polar surface area (TPSA) is 88.6 Å². The van der Waals surface area contributed by atoms with Gasteiger partial charge in [-0.15, -0.1) is 0 Å². The van der Waals surface area contributed by atoms with E-state index in [2.05, 4.69) is 24.1 Å². The summed E-state index contributed by atoms with van der Waals surface area (Å²) in [5.74, 6) is -0.464. The van der Waals surface area contributed by atoms with Crippen LogP contribution < -0.4 is 21.6 Å². The van der Waals surface area contributed by atoms with Gasteiger partial charge in [0, 0.05) is 43.3 Å². The monoisotopic (exact) mass is 333 g/mol. The molecule has 0 bridgehead atoms. The van der Waals surface area contributed by atoms with Crippen molar-refractivity contribution in [2.45, 2.75) is 27.7 Å². The Hall–Kier alpha value is -2.34. The summed E-state index contributed by atoms with van der Waals surface area (Å²) in [4.78, 5) is 26.0. The molecule has 0 aliphatic carbocycles. The van der Waals surface area contributed by atoms with Gasteiger partial charge in [-0.2, -0.15) is 0 Å². The van der Waals surface area contributed by atoms with Crippen LogP contribution in [-0.4, -0.2) is 32.1 Å². The maximum atomic E-state index is 12.0. The molecule has 24 heavy (non-hydrogen) atoms. The van der Waals surface area contributed by atoms with E-state index in [1.165, 1.54) is 0 Å². The van der Waals surface area contributed by atoms with Crippen molar-refractivity contribution in [1.82, 2.24) is 5.32 Å². The van der Waals surface area contributed by atoms with E-state index in [1.807, 2.05) is 32.0 Å². The second-order valence-electron chi connectivity index (χ2n) is 4.89. The van der Waals surface area contributed by atoms with Gasteiger partial charge in [0.2, 0.25) is 0 Å². The molecule has 132 valence electrons. The Balaban J connectivity index is 0.00000139. The molecule has 0 fully saturated rings. The molecule has 1 aromatic carbocycles. The lowest BCUT2D eigenvalue weighted by Crippen LogP contribution is -2.32. The Bertz CT molecular complexity index is 721. The lowest BCUT2D eigenvalue weighted by atomic mass is 10.1. The lowest BCUT2D eigenvalue weighted by molar-refractivity contribution is 0.0951. The van der Waals surface area contributed by atoms with Crippen molar-refractivity contribution < 1.29 is 9.21 Å². The third-order valence-corrected chi connectivity index (χ3v) is 3.52. The van der Waals surface area contributed by atoms with E-state index < -0.39 is 11.5 Å². The molecule has 0 radical (unpaired) electrons. The molecule has 1 amide bonds. The Morgan fingerprint density at radius 3 is 2.46 bits per heavy atom. The van der Waals surface area contributed by atoms with Gasteiger partial charge in [-0.1, -0.05) is 13.8 Å². The zero-order chi connectivity index (χ0) is 18.1. The number of hydrogen-bond acceptors (Lipinski definition) is 5. The van der Waals surface area contributed by atoms with Gasteiger partial charge >= 0.3 is 5.63 Å². The van der Waals surface area contributed by atoms with Crippen molar-refractivity contribution in [2.75, 3.05) is 31.1 Å². The molecule has 0 saturated heterocycles. The Morgan fingerprint density at radius 1 is 1.21 bits per heavy atom. The Labute approximate surface area is 142 Å². The van der Waals surface area contributed by atoms with Crippen molar-refractivity contribution in [3.05, 3.63) is 40.2 Å². The molecule has 2 rings (SSSR count). The Morgan fingerprint density at radius 2 is 1.88 bits per heavy atom. The highest BCUT2D eigenvalue weighted by Gasteiger charge is 2.14. The summed E-state index contributed by atoms with van der Waals surface area (Å²) in [6.45, 7) is 10.5. The van der Waals surface area contributed by atoms with E-state index >= 15 is 0 Å². The summed E-state index contributed by atoms with van der Waals surface area (Å²) in [6, 6.07) is 7.19. The minimum atomic E-state index is -0.640. The Kier molecular flexibility index (Phi) is 7.98. The fraction of sp³-hybridized carbons (Fsp3) is 0.444. The van der Waals surface area contributed by atoms with Gasteiger partial charge < -0.3 is 20.4 Å². The first kappa shape index (κ1) is 19.7. The highest BCUT2D eigenvalue weighted by atomic mass is 16.4. The molecule has 1 aromatic heterocycles. The summed E-state index contributed by atoms with van der Waals surface area (Å²) >= 11 is 0. The van der Waals surface area contributed by atoms with Gasteiger partial charge in [-0.25, -0.2) is 4.79 Å². The van der Waals surface area contributed by atoms with Crippen molar-refractivity contribution in [3.63, 3.8) is 0 Å². The normalized spacial score (nSPS) is 10.0. The van der Waals surface area contributed by atoms with E-state index in [-0.39, 0.29) is 5.56 Å². The number of nitrogens with one attached hydrogen (secondary N) is 1. The summed E-state index contributed by atoms with van der Waals surface area (Å²) < 4.78 is 5.30. The second-order valence-corrected chi connectivity index (χ2v) is 4.89. The van der Waals surface area contributed by atoms with E-state index in [9.17, 15) is 9.59 Å². The van der Waals surface area contributed by atoms with Crippen LogP contribution in [0.4, 0.5) is 5.69 Å². The predicted molar refractivity (Wildman–Crippen MR) is 98.8 cm³/mol. The standard InChI is InChI=1S/C16H21N3O3.C2H6/c1-3-19(4-2)12-6-5-11-9-13(15(20)18-8-7-17)16(21)22-14(11)10-12;1-2/h5-6,9-10H,3-4,7-8,17H2,1-2H3,(H,18,20);1-2H3. The molecule has 0 aliphatic rings. The average Bonchev–Trinajstić information content (AvgIpc) is 2.61. The van der Waals surface area contributed by atoms with Gasteiger partial charge in [-0.3, -0.25) is 4.79 Å². The number of carbonyl (C=O) groups excluding carboxylic acids is 1. The number of amides is 1. The molecular weight excluding hydrogens is 306 g/mol. The molecule has 2 aromatic rings. The number of nitrogens with two attached hydrogens (primary N) is 1. The molecule has 0 unspecified atom stereocenters. The number of nitrogens with zero attached hydrogens (tertiary/aromatic N) is 1. The third-order valence-electron chi connectivity index (χ3n) is 3.52. The molecule has 1 heterocycles. The van der Waals surface area contributed by atoms with Crippen molar-refractivity contribution >= 4 is 22.6 Å². The molecule has 0 saturated carbocycles. The van der Waals surface area contributed by atoms with Crippen LogP contribution in [0, 0.1) is 0 Å². The van der Waals surface area contributed by atoms with Crippen LogP contribution in [-0.2, 0) is 0 Å². The van der Waals surface area contributed by atoms with Gasteiger partial charge in [0.25, 0.3) is 5.91 Å². The lowest BCUT2D eigenvalue weighted by Gasteiger charge is -2.20. The van der Waals surface area contributed by atoms with Crippen molar-refractivity contribution in [3.8, 4) is 0 Å². The van der Waals surface area contributed by atoms with Crippen LogP contribution in [0.2, 0.25) is 0 Å². The van der Waals surface area contributed by atoms with Gasteiger partial charge in [0.05, 0.1) is 0 Å². The number of fused-ring (bicyclic) bond motifs is 1. The summed E-state index contributed by atoms with van der Waals surface area (Å²) in [5.41, 5.74) is 6.15. The molecule has 0 aliphatic heterocycles. The van der Waals surface area contributed by atoms with Crippen LogP contribution in [0.5, 0.6) is 0 Å². The van der Waals surface area contributed by atoms with Gasteiger partial charge in [-0.05, 0) is 32.0 Å². The molecule has 6 heteroatoms. The van der Waals surface area contributed by atoms with Crippen LogP contribution in [0.1, 0.15) is 38.1 Å². The summed E-state index contributed by atoms with van der Waals surface area (Å²) in [5, 5.41) is 3.29. The SMILES string of the molecule is CC.CCN(CC)c1ccc2cc(C(=O)NCCN)c(=O)oc2c1. The molecule has 0 atom stereocenters. The highest BCUT2D eigenvalue weighted by Crippen LogP contribution is 2.21. The van der Waals surface area contributed by atoms with Crippen LogP contribution in [0.15, 0.2) is 33.5 Å². The first-order valence-electron chi connectivity index (χ1n) is 8.41. The van der Waals surface area contributed by atoms with Crippen LogP contribution in [0.25, 0.3) is 11.0 Å². The maximum absolute atomic E-state index is 12.0. The molecule has 6 nitrogen and oxygen atoms in total. The quantitative estimate of drug-likeness (QED) is 0.792. The van der Waals surface area contributed by atoms with Gasteiger partial charge in [0.15, 0.2) is 0 Å². The van der Waals surface area contributed by atoms with E-state index in [0.29, 0.717) is 24.1 Å². The molecular formula is C18H27N3O3. The average molecular weight is 333 g/mol. The third kappa shape index (κ3) is 4.58. The first-order valence-corrected chi connectivity index (χ1v) is 8.41. The molecule has 3 N–H and O–H groups in total. The highest BCUT2D eigenvalue weighted by molar-refractivity contribution is 5.96. The zero-order valence-corrected chi connectivity index (χ0v) is 14.9. The van der Waals surface area contributed by atoms with E-state index in [4.69, 9.17) is 10.2 Å². The predicted octanol–water partition coefficient (Wildman–Crippen LogP) is 2.35. The number of carbonyl (C=O) groups is 1. The smallest absolute Gasteiger partial charge is 0.349 e. The minimum Gasteiger partial charge on any atom is -0.422 e. The number of anilines is 1. The van der Waals surface area contributed by atoms with Crippen molar-refractivity contribution in [1.29, 1.82) is 0 Å². The van der Waals surface area contributed by atoms with Crippen LogP contribution >= 0.6 is 0 Å². The number of rotatable bonds is 6. The number of hydrogen-bond donors (Lipinski definition) is 2. The summed E-state index contributed by atoms with van der Waals surface area (Å²) in [7, 11) is 0. The first-order chi connectivity index (χ1) is 11.6. The van der Waals surface area contributed by atoms with Crippen LogP contribution in [0.3, 0.4) is 0 Å².